The molecule has 3 N–H and O–H groups in total. The van der Waals surface area contributed by atoms with Gasteiger partial charge in [-0.2, -0.15) is 0 Å². The summed E-state index contributed by atoms with van der Waals surface area (Å²) in [6.45, 7) is 2.41. The fourth-order valence-electron chi connectivity index (χ4n) is 6.74. The maximum Gasteiger partial charge on any atom is 0.263 e. The lowest BCUT2D eigenvalue weighted by atomic mass is 9.68. The number of carbonyl (C=O) groups excluding carboxylic acids is 1. The van der Waals surface area contributed by atoms with Crippen molar-refractivity contribution in [2.45, 2.75) is 50.0 Å². The van der Waals surface area contributed by atoms with Crippen LogP contribution in [0.15, 0.2) is 48.6 Å². The molecule has 2 aliphatic carbocycles. The van der Waals surface area contributed by atoms with Gasteiger partial charge in [0.25, 0.3) is 5.91 Å². The number of aryl methyl sites for hydroxylation is 1. The van der Waals surface area contributed by atoms with E-state index in [-0.39, 0.29) is 11.3 Å². The Bertz CT molecular complexity index is 1410. The van der Waals surface area contributed by atoms with Gasteiger partial charge >= 0.3 is 0 Å². The van der Waals surface area contributed by atoms with Crippen LogP contribution in [0.4, 0.5) is 5.69 Å². The van der Waals surface area contributed by atoms with Crippen LogP contribution in [-0.4, -0.2) is 53.4 Å². The summed E-state index contributed by atoms with van der Waals surface area (Å²) in [5.74, 6) is 4.48. The minimum atomic E-state index is -3.03. The molecule has 0 aromatic heterocycles. The summed E-state index contributed by atoms with van der Waals surface area (Å²) < 4.78 is 24.8. The van der Waals surface area contributed by atoms with Crippen molar-refractivity contribution in [3.8, 4) is 5.75 Å². The number of hydrogen-bond donors (Lipinski definition) is 3. The molecule has 0 radical (unpaired) electrons. The van der Waals surface area contributed by atoms with E-state index in [9.17, 15) is 14.1 Å². The lowest BCUT2D eigenvalue weighted by molar-refractivity contribution is 0.0456. The predicted octanol–water partition coefficient (Wildman–Crippen LogP) is 4.03. The third-order valence-corrected chi connectivity index (χ3v) is 10.3. The summed E-state index contributed by atoms with van der Waals surface area (Å²) in [6, 6.07) is 11.6. The quantitative estimate of drug-likeness (QED) is 0.329. The van der Waals surface area contributed by atoms with Crippen molar-refractivity contribution in [3.63, 3.8) is 0 Å². The lowest BCUT2D eigenvalue weighted by Crippen LogP contribution is -2.49. The van der Waals surface area contributed by atoms with E-state index in [1.165, 1.54) is 11.1 Å². The molecule has 39 heavy (non-hydrogen) atoms. The first-order valence-electron chi connectivity index (χ1n) is 13.8. The first-order chi connectivity index (χ1) is 18.7. The van der Waals surface area contributed by atoms with E-state index >= 15 is 0 Å². The van der Waals surface area contributed by atoms with Gasteiger partial charge < -0.3 is 14.7 Å². The van der Waals surface area contributed by atoms with E-state index in [4.69, 9.17) is 16.3 Å². The molecule has 2 aliphatic heterocycles. The van der Waals surface area contributed by atoms with Crippen LogP contribution in [0.1, 0.15) is 53.6 Å². The molecule has 0 saturated heterocycles. The fraction of sp³-hybridized carbons (Fsp3) is 0.467. The van der Waals surface area contributed by atoms with Crippen LogP contribution in [0.3, 0.4) is 0 Å². The van der Waals surface area contributed by atoms with Crippen molar-refractivity contribution < 1.29 is 18.8 Å². The number of rotatable bonds is 0. The monoisotopic (exact) mass is 569 g/mol. The van der Waals surface area contributed by atoms with Gasteiger partial charge in [-0.25, -0.2) is 8.93 Å². The first kappa shape index (κ1) is 26.7. The Hall–Kier alpha value is -2.52. The van der Waals surface area contributed by atoms with Crippen LogP contribution in [0.25, 0.3) is 0 Å². The third-order valence-electron chi connectivity index (χ3n) is 8.91. The molecule has 2 heterocycles. The molecule has 208 valence electrons. The number of aliphatic hydroxyl groups is 1. The molecule has 4 aliphatic rings. The molecular formula is C30H36ClN3O4S. The van der Waals surface area contributed by atoms with Gasteiger partial charge in [0.05, 0.1) is 18.4 Å². The summed E-state index contributed by atoms with van der Waals surface area (Å²) in [5, 5.41) is 11.7. The summed E-state index contributed by atoms with van der Waals surface area (Å²) in [7, 11) is -3.03. The smallest absolute Gasteiger partial charge is 0.263 e. The molecular weight excluding hydrogens is 534 g/mol. The topological polar surface area (TPSA) is 90.9 Å². The summed E-state index contributed by atoms with van der Waals surface area (Å²) in [5.41, 5.74) is 3.60. The average molecular weight is 570 g/mol. The van der Waals surface area contributed by atoms with Crippen LogP contribution < -0.4 is 19.1 Å². The van der Waals surface area contributed by atoms with E-state index in [2.05, 4.69) is 32.3 Å². The summed E-state index contributed by atoms with van der Waals surface area (Å²) >= 11 is 6.37. The minimum Gasteiger partial charge on any atom is -0.490 e. The number of nitrogens with one attached hydrogen (secondary N) is 2. The first-order valence-corrected chi connectivity index (χ1v) is 15.9. The van der Waals surface area contributed by atoms with Crippen molar-refractivity contribution >= 4 is 39.0 Å². The van der Waals surface area contributed by atoms with Crippen molar-refractivity contribution in [1.82, 2.24) is 9.44 Å². The number of nitrogens with zero attached hydrogens (tertiary/aromatic N) is 1. The van der Waals surface area contributed by atoms with Gasteiger partial charge in [0.2, 0.25) is 0 Å². The molecule has 7 nitrogen and oxygen atoms in total. The molecule has 6 rings (SSSR count). The van der Waals surface area contributed by atoms with Crippen LogP contribution in [0.2, 0.25) is 5.02 Å². The van der Waals surface area contributed by atoms with Gasteiger partial charge in [-0.3, -0.25) is 9.52 Å². The molecule has 5 atom stereocenters. The van der Waals surface area contributed by atoms with E-state index in [0.29, 0.717) is 31.1 Å². The standard InChI is InChI=1S/C30H36ClN3O4S/c1-39(37)32-14-3-2-6-27(35)24-10-7-22(24)17-34-18-30(13-4-5-20-15-23(31)9-11-25(20)30)19-38-28-12-8-21(16-26(28)34)29(36)33-39/h2,6,8-9,11-12,15-16,22,24,27,35H,1,3-5,7,10,13-14,17-19H2,(H2,32,33,36,37)/b6-2+/t22-,24+,27-,30-,39?/m0/s1. The zero-order chi connectivity index (χ0) is 27.2. The van der Waals surface area contributed by atoms with Crippen LogP contribution >= 0.6 is 11.6 Å². The zero-order valence-corrected chi connectivity index (χ0v) is 23.6. The summed E-state index contributed by atoms with van der Waals surface area (Å²) in [4.78, 5) is 15.5. The molecule has 1 unspecified atom stereocenters. The maximum absolute atomic E-state index is 13.2. The van der Waals surface area contributed by atoms with E-state index < -0.39 is 21.9 Å². The Balaban J connectivity index is 1.42. The van der Waals surface area contributed by atoms with Gasteiger partial charge in [0.1, 0.15) is 15.6 Å². The molecule has 1 spiro atoms. The SMILES string of the molecule is C=S1(=O)NCC/C=C/[C@H](O)[C@@H]2CC[C@H]2CN2C[C@@]3(CCCc4cc(Cl)ccc43)COc3ccc(cc32)C(=O)N1. The number of ether oxygens (including phenoxy) is 1. The largest absolute Gasteiger partial charge is 0.490 e. The Morgan fingerprint density at radius 1 is 1.21 bits per heavy atom. The normalized spacial score (nSPS) is 33.5. The second kappa shape index (κ2) is 10.5. The third kappa shape index (κ3) is 5.32. The predicted molar refractivity (Wildman–Crippen MR) is 157 cm³/mol. The van der Waals surface area contributed by atoms with Crippen LogP contribution in [0.5, 0.6) is 5.75 Å². The average Bonchev–Trinajstić information content (AvgIpc) is 3.02. The van der Waals surface area contributed by atoms with Gasteiger partial charge in [-0.05, 0) is 97.7 Å². The highest BCUT2D eigenvalue weighted by atomic mass is 35.5. The lowest BCUT2D eigenvalue weighted by Gasteiger charge is -2.45. The molecule has 1 saturated carbocycles. The number of benzene rings is 2. The second-order valence-electron chi connectivity index (χ2n) is 11.5. The second-order valence-corrected chi connectivity index (χ2v) is 13.8. The Kier molecular flexibility index (Phi) is 7.16. The van der Waals surface area contributed by atoms with Gasteiger partial charge in [-0.15, -0.1) is 0 Å². The molecule has 2 bridgehead atoms. The number of anilines is 1. The highest BCUT2D eigenvalue weighted by Crippen LogP contribution is 2.46. The number of carbonyl (C=O) groups is 1. The number of amides is 1. The highest BCUT2D eigenvalue weighted by Gasteiger charge is 2.44. The van der Waals surface area contributed by atoms with Crippen molar-refractivity contribution in [2.75, 3.05) is 31.1 Å². The van der Waals surface area contributed by atoms with E-state index in [0.717, 1.165) is 61.7 Å². The maximum atomic E-state index is 13.2. The highest BCUT2D eigenvalue weighted by molar-refractivity contribution is 7.97. The molecule has 2 aromatic carbocycles. The van der Waals surface area contributed by atoms with Gasteiger partial charge in [0.15, 0.2) is 0 Å². The number of hydrogen-bond acceptors (Lipinski definition) is 5. The zero-order valence-electron chi connectivity index (χ0n) is 22.0. The molecule has 2 aromatic rings. The van der Waals surface area contributed by atoms with Gasteiger partial charge in [-0.1, -0.05) is 29.8 Å². The molecule has 1 fully saturated rings. The number of fused-ring (bicyclic) bond motifs is 4. The molecule has 9 heteroatoms. The Morgan fingerprint density at radius 2 is 2.08 bits per heavy atom. The van der Waals surface area contributed by atoms with Gasteiger partial charge in [0, 0.05) is 35.6 Å². The minimum absolute atomic E-state index is 0.173. The Morgan fingerprint density at radius 3 is 2.90 bits per heavy atom. The van der Waals surface area contributed by atoms with Crippen molar-refractivity contribution in [3.05, 3.63) is 70.3 Å². The number of aliphatic hydroxyl groups excluding tert-OH is 1. The Labute approximate surface area is 235 Å². The number of halogens is 1. The van der Waals surface area contributed by atoms with Crippen LogP contribution in [-0.2, 0) is 21.7 Å². The molecule has 1 amide bonds. The van der Waals surface area contributed by atoms with E-state index in [1.807, 2.05) is 30.4 Å². The van der Waals surface area contributed by atoms with Crippen molar-refractivity contribution in [1.29, 1.82) is 0 Å². The fourth-order valence-corrected chi connectivity index (χ4v) is 7.87. The van der Waals surface area contributed by atoms with Crippen molar-refractivity contribution in [2.24, 2.45) is 11.8 Å². The van der Waals surface area contributed by atoms with Crippen LogP contribution in [0, 0.1) is 11.8 Å². The summed E-state index contributed by atoms with van der Waals surface area (Å²) in [6.07, 6.45) is 8.88. The van der Waals surface area contributed by atoms with E-state index in [1.54, 1.807) is 6.07 Å².